The zero-order valence-electron chi connectivity index (χ0n) is 12.0. The van der Waals surface area contributed by atoms with E-state index in [1.165, 1.54) is 6.42 Å². The van der Waals surface area contributed by atoms with Crippen molar-refractivity contribution in [2.45, 2.75) is 44.5 Å². The van der Waals surface area contributed by atoms with Gasteiger partial charge in [-0.05, 0) is 45.2 Å². The molecule has 0 radical (unpaired) electrons. The lowest BCUT2D eigenvalue weighted by atomic mass is 9.98. The molecule has 0 aliphatic carbocycles. The fourth-order valence-electron chi connectivity index (χ4n) is 3.07. The summed E-state index contributed by atoms with van der Waals surface area (Å²) in [4.78, 5) is 2.39. The maximum absolute atomic E-state index is 12.2. The predicted octanol–water partition coefficient (Wildman–Crippen LogP) is 0.815. The summed E-state index contributed by atoms with van der Waals surface area (Å²) in [5, 5.41) is -0.377. The van der Waals surface area contributed by atoms with Crippen molar-refractivity contribution in [3.05, 3.63) is 0 Å². The van der Waals surface area contributed by atoms with Crippen molar-refractivity contribution in [1.29, 1.82) is 0 Å². The monoisotopic (exact) mass is 290 g/mol. The van der Waals surface area contributed by atoms with Crippen LogP contribution in [0.5, 0.6) is 0 Å². The summed E-state index contributed by atoms with van der Waals surface area (Å²) in [7, 11) is -3.23. The van der Waals surface area contributed by atoms with Gasteiger partial charge in [-0.2, -0.15) is 0 Å². The van der Waals surface area contributed by atoms with E-state index in [1.54, 1.807) is 0 Å². The molecule has 1 N–H and O–H groups in total. The van der Waals surface area contributed by atoms with Crippen LogP contribution in [-0.2, 0) is 14.8 Å². The lowest BCUT2D eigenvalue weighted by Crippen LogP contribution is -2.44. The number of piperidine rings is 1. The molecule has 0 spiro atoms. The number of rotatable bonds is 5. The number of hydrogen-bond donors (Lipinski definition) is 1. The lowest BCUT2D eigenvalue weighted by molar-refractivity contribution is 0.126. The second-order valence-electron chi connectivity index (χ2n) is 5.70. The number of ether oxygens (including phenoxy) is 1. The molecule has 6 heteroatoms. The summed E-state index contributed by atoms with van der Waals surface area (Å²) in [6.45, 7) is 8.34. The van der Waals surface area contributed by atoms with Crippen LogP contribution in [0.25, 0.3) is 0 Å². The van der Waals surface area contributed by atoms with Gasteiger partial charge in [0.05, 0.1) is 6.10 Å². The van der Waals surface area contributed by atoms with E-state index in [0.717, 1.165) is 26.1 Å². The molecule has 2 saturated heterocycles. The first-order valence-electron chi connectivity index (χ1n) is 7.35. The van der Waals surface area contributed by atoms with Crippen molar-refractivity contribution in [2.24, 2.45) is 5.92 Å². The van der Waals surface area contributed by atoms with Crippen molar-refractivity contribution >= 4 is 10.0 Å². The average Bonchev–Trinajstić information content (AvgIpc) is 2.84. The van der Waals surface area contributed by atoms with E-state index >= 15 is 0 Å². The molecule has 2 aliphatic rings. The summed E-state index contributed by atoms with van der Waals surface area (Å²) in [6, 6.07) is 0. The Kier molecular flexibility index (Phi) is 5.22. The van der Waals surface area contributed by atoms with Crippen LogP contribution in [0, 0.1) is 5.92 Å². The number of nitrogens with zero attached hydrogens (tertiary/aromatic N) is 1. The summed E-state index contributed by atoms with van der Waals surface area (Å²) in [5.41, 5.74) is 0. The minimum Gasteiger partial charge on any atom is -0.377 e. The molecular formula is C13H26N2O3S. The SMILES string of the molecule is CCN1CCC[C@H](CNS(=O)(=O)[C@@H]2CCO[C@@H]2C)C1. The largest absolute Gasteiger partial charge is 0.377 e. The van der Waals surface area contributed by atoms with Crippen LogP contribution in [0.2, 0.25) is 0 Å². The van der Waals surface area contributed by atoms with Crippen molar-refractivity contribution in [2.75, 3.05) is 32.8 Å². The lowest BCUT2D eigenvalue weighted by Gasteiger charge is -2.32. The highest BCUT2D eigenvalue weighted by Gasteiger charge is 2.36. The first kappa shape index (κ1) is 15.2. The summed E-state index contributed by atoms with van der Waals surface area (Å²) in [6.07, 6.45) is 2.72. The fraction of sp³-hybridized carbons (Fsp3) is 1.00. The molecule has 0 aromatic rings. The van der Waals surface area contributed by atoms with Gasteiger partial charge >= 0.3 is 0 Å². The first-order chi connectivity index (χ1) is 9.03. The topological polar surface area (TPSA) is 58.6 Å². The standard InChI is InChI=1S/C13H26N2O3S/c1-3-15-7-4-5-12(10-15)9-14-19(16,17)13-6-8-18-11(13)2/h11-14H,3-10H2,1-2H3/t11-,12-,13-/m1/s1. The average molecular weight is 290 g/mol. The maximum Gasteiger partial charge on any atom is 0.217 e. The smallest absolute Gasteiger partial charge is 0.217 e. The zero-order valence-corrected chi connectivity index (χ0v) is 12.8. The van der Waals surface area contributed by atoms with Crippen LogP contribution in [0.1, 0.15) is 33.1 Å². The minimum absolute atomic E-state index is 0.184. The van der Waals surface area contributed by atoms with E-state index in [2.05, 4.69) is 16.5 Å². The van der Waals surface area contributed by atoms with Crippen LogP contribution in [-0.4, -0.2) is 57.5 Å². The number of hydrogen-bond acceptors (Lipinski definition) is 4. The van der Waals surface area contributed by atoms with E-state index in [0.29, 0.717) is 25.5 Å². The number of nitrogens with one attached hydrogen (secondary N) is 1. The van der Waals surface area contributed by atoms with Crippen LogP contribution in [0.15, 0.2) is 0 Å². The molecule has 3 atom stereocenters. The predicted molar refractivity (Wildman–Crippen MR) is 75.6 cm³/mol. The normalized spacial score (nSPS) is 33.7. The number of likely N-dealkylation sites (tertiary alicyclic amines) is 1. The molecule has 0 aromatic carbocycles. The molecule has 0 amide bonds. The Labute approximate surface area is 116 Å². The van der Waals surface area contributed by atoms with Crippen LogP contribution in [0.4, 0.5) is 0 Å². The van der Waals surface area contributed by atoms with Gasteiger partial charge in [0.15, 0.2) is 0 Å². The van der Waals surface area contributed by atoms with Gasteiger partial charge in [0.25, 0.3) is 0 Å². The maximum atomic E-state index is 12.2. The van der Waals surface area contributed by atoms with Gasteiger partial charge in [0, 0.05) is 19.7 Å². The Morgan fingerprint density at radius 3 is 2.79 bits per heavy atom. The molecule has 2 heterocycles. The van der Waals surface area contributed by atoms with Gasteiger partial charge in [-0.15, -0.1) is 0 Å². The molecule has 2 fully saturated rings. The molecule has 0 saturated carbocycles. The second-order valence-corrected chi connectivity index (χ2v) is 7.68. The third kappa shape index (κ3) is 3.90. The van der Waals surface area contributed by atoms with Crippen LogP contribution in [0.3, 0.4) is 0 Å². The Morgan fingerprint density at radius 2 is 2.16 bits per heavy atom. The highest BCUT2D eigenvalue weighted by atomic mass is 32.2. The minimum atomic E-state index is -3.23. The quantitative estimate of drug-likeness (QED) is 0.814. The fourth-order valence-corrected chi connectivity index (χ4v) is 4.74. The highest BCUT2D eigenvalue weighted by Crippen LogP contribution is 2.21. The van der Waals surface area contributed by atoms with Gasteiger partial charge in [-0.3, -0.25) is 0 Å². The van der Waals surface area contributed by atoms with Crippen LogP contribution < -0.4 is 4.72 Å². The second kappa shape index (κ2) is 6.52. The zero-order chi connectivity index (χ0) is 13.9. The molecule has 2 aliphatic heterocycles. The molecule has 0 aromatic heterocycles. The van der Waals surface area contributed by atoms with E-state index in [9.17, 15) is 8.42 Å². The Hall–Kier alpha value is -0.170. The summed E-state index contributed by atoms with van der Waals surface area (Å²) < 4.78 is 32.6. The van der Waals surface area contributed by atoms with Crippen molar-refractivity contribution in [1.82, 2.24) is 9.62 Å². The molecule has 19 heavy (non-hydrogen) atoms. The Bertz CT molecular complexity index is 385. The van der Waals surface area contributed by atoms with E-state index < -0.39 is 10.0 Å². The van der Waals surface area contributed by atoms with Crippen molar-refractivity contribution in [3.63, 3.8) is 0 Å². The van der Waals surface area contributed by atoms with E-state index in [-0.39, 0.29) is 11.4 Å². The summed E-state index contributed by atoms with van der Waals surface area (Å²) in [5.74, 6) is 0.445. The van der Waals surface area contributed by atoms with E-state index in [4.69, 9.17) is 4.74 Å². The van der Waals surface area contributed by atoms with Crippen molar-refractivity contribution in [3.8, 4) is 0 Å². The first-order valence-corrected chi connectivity index (χ1v) is 8.90. The third-order valence-electron chi connectivity index (χ3n) is 4.33. The van der Waals surface area contributed by atoms with Crippen molar-refractivity contribution < 1.29 is 13.2 Å². The Balaban J connectivity index is 1.84. The molecule has 2 rings (SSSR count). The van der Waals surface area contributed by atoms with Gasteiger partial charge in [0.1, 0.15) is 5.25 Å². The molecule has 5 nitrogen and oxygen atoms in total. The van der Waals surface area contributed by atoms with E-state index in [1.807, 2.05) is 6.92 Å². The van der Waals surface area contributed by atoms with Crippen LogP contribution >= 0.6 is 0 Å². The Morgan fingerprint density at radius 1 is 1.37 bits per heavy atom. The van der Waals surface area contributed by atoms with Gasteiger partial charge < -0.3 is 9.64 Å². The highest BCUT2D eigenvalue weighted by molar-refractivity contribution is 7.90. The van der Waals surface area contributed by atoms with Gasteiger partial charge in [-0.1, -0.05) is 6.92 Å². The van der Waals surface area contributed by atoms with Gasteiger partial charge in [0.2, 0.25) is 10.0 Å². The molecule has 0 unspecified atom stereocenters. The molecule has 112 valence electrons. The third-order valence-corrected chi connectivity index (χ3v) is 6.31. The molecule has 0 bridgehead atoms. The van der Waals surface area contributed by atoms with Gasteiger partial charge in [-0.25, -0.2) is 13.1 Å². The number of sulfonamides is 1. The molecular weight excluding hydrogens is 264 g/mol. The summed E-state index contributed by atoms with van der Waals surface area (Å²) >= 11 is 0.